The third kappa shape index (κ3) is 4.17. The van der Waals surface area contributed by atoms with E-state index < -0.39 is 5.54 Å². The number of methoxy groups -OCH3 is 1. The Labute approximate surface area is 125 Å². The lowest BCUT2D eigenvalue weighted by atomic mass is 9.77. The molecule has 2 rings (SSSR count). The summed E-state index contributed by atoms with van der Waals surface area (Å²) in [6.45, 7) is 4.15. The zero-order valence-electron chi connectivity index (χ0n) is 12.9. The molecule has 1 aliphatic heterocycles. The van der Waals surface area contributed by atoms with Gasteiger partial charge >= 0.3 is 5.97 Å². The molecule has 0 aromatic rings. The van der Waals surface area contributed by atoms with Crippen molar-refractivity contribution in [2.24, 2.45) is 5.92 Å². The maximum Gasteiger partial charge on any atom is 0.331 e. The lowest BCUT2D eigenvalue weighted by Crippen LogP contribution is -2.58. The standard InChI is InChI=1S/C15H26N2O4/c1-11-3-5-15(6-4-11,14(19)20-2)17-13(18)9-12-10-21-8-7-16-12/h11-12,16H,3-10H2,1-2H3,(H,17,18). The molecule has 6 heteroatoms. The van der Waals surface area contributed by atoms with Crippen LogP contribution in [-0.2, 0) is 19.1 Å². The number of esters is 1. The van der Waals surface area contributed by atoms with Crippen LogP contribution in [0, 0.1) is 5.92 Å². The van der Waals surface area contributed by atoms with Gasteiger partial charge in [0.25, 0.3) is 0 Å². The fourth-order valence-electron chi connectivity index (χ4n) is 3.12. The van der Waals surface area contributed by atoms with Gasteiger partial charge in [-0.05, 0) is 31.6 Å². The summed E-state index contributed by atoms with van der Waals surface area (Å²) in [5, 5.41) is 6.19. The molecule has 1 saturated heterocycles. The van der Waals surface area contributed by atoms with E-state index in [0.29, 0.717) is 38.4 Å². The molecule has 6 nitrogen and oxygen atoms in total. The van der Waals surface area contributed by atoms with E-state index >= 15 is 0 Å². The van der Waals surface area contributed by atoms with Crippen LogP contribution in [0.25, 0.3) is 0 Å². The van der Waals surface area contributed by atoms with Crippen molar-refractivity contribution in [2.45, 2.75) is 50.6 Å². The highest BCUT2D eigenvalue weighted by Crippen LogP contribution is 2.33. The zero-order chi connectivity index (χ0) is 15.3. The number of ether oxygens (including phenoxy) is 2. The van der Waals surface area contributed by atoms with Gasteiger partial charge in [-0.3, -0.25) is 4.79 Å². The maximum absolute atomic E-state index is 12.3. The normalized spacial score (nSPS) is 33.2. The molecule has 0 bridgehead atoms. The number of hydrogen-bond donors (Lipinski definition) is 2. The second-order valence-corrected chi connectivity index (χ2v) is 6.23. The van der Waals surface area contributed by atoms with Crippen LogP contribution in [0.15, 0.2) is 0 Å². The number of hydrogen-bond acceptors (Lipinski definition) is 5. The van der Waals surface area contributed by atoms with Crippen molar-refractivity contribution >= 4 is 11.9 Å². The summed E-state index contributed by atoms with van der Waals surface area (Å²) in [5.41, 5.74) is -0.839. The predicted octanol–water partition coefficient (Wildman–Crippen LogP) is 0.603. The van der Waals surface area contributed by atoms with Gasteiger partial charge in [-0.15, -0.1) is 0 Å². The molecule has 0 aromatic carbocycles. The SMILES string of the molecule is COC(=O)C1(NC(=O)CC2COCCN2)CCC(C)CC1. The van der Waals surface area contributed by atoms with Crippen molar-refractivity contribution < 1.29 is 19.1 Å². The summed E-state index contributed by atoms with van der Waals surface area (Å²) in [4.78, 5) is 24.4. The Balaban J connectivity index is 1.94. The number of carbonyl (C=O) groups excluding carboxylic acids is 2. The largest absolute Gasteiger partial charge is 0.467 e. The van der Waals surface area contributed by atoms with Crippen molar-refractivity contribution in [3.05, 3.63) is 0 Å². The summed E-state index contributed by atoms with van der Waals surface area (Å²) in [5.74, 6) is 0.154. The number of rotatable bonds is 4. The van der Waals surface area contributed by atoms with Crippen molar-refractivity contribution in [1.29, 1.82) is 0 Å². The minimum atomic E-state index is -0.839. The monoisotopic (exact) mass is 298 g/mol. The molecule has 1 atom stereocenters. The molecule has 21 heavy (non-hydrogen) atoms. The van der Waals surface area contributed by atoms with Crippen molar-refractivity contribution in [1.82, 2.24) is 10.6 Å². The first-order valence-electron chi connectivity index (χ1n) is 7.76. The average molecular weight is 298 g/mol. The van der Waals surface area contributed by atoms with E-state index in [1.165, 1.54) is 7.11 Å². The van der Waals surface area contributed by atoms with E-state index in [2.05, 4.69) is 17.6 Å². The van der Waals surface area contributed by atoms with Crippen LogP contribution >= 0.6 is 0 Å². The maximum atomic E-state index is 12.3. The molecule has 2 N–H and O–H groups in total. The molecule has 1 unspecified atom stereocenters. The second kappa shape index (κ2) is 7.22. The van der Waals surface area contributed by atoms with E-state index in [0.717, 1.165) is 19.4 Å². The van der Waals surface area contributed by atoms with Crippen molar-refractivity contribution in [3.63, 3.8) is 0 Å². The van der Waals surface area contributed by atoms with E-state index in [-0.39, 0.29) is 17.9 Å². The number of carbonyl (C=O) groups is 2. The van der Waals surface area contributed by atoms with Crippen LogP contribution in [0.3, 0.4) is 0 Å². The molecule has 0 radical (unpaired) electrons. The summed E-state index contributed by atoms with van der Waals surface area (Å²) in [6.07, 6.45) is 3.50. The van der Waals surface area contributed by atoms with Gasteiger partial charge in [0.2, 0.25) is 5.91 Å². The summed E-state index contributed by atoms with van der Waals surface area (Å²) < 4.78 is 10.3. The topological polar surface area (TPSA) is 76.7 Å². The molecule has 2 aliphatic rings. The Morgan fingerprint density at radius 1 is 1.38 bits per heavy atom. The fourth-order valence-corrected chi connectivity index (χ4v) is 3.12. The summed E-state index contributed by atoms with van der Waals surface area (Å²) in [6, 6.07) is 0.0240. The van der Waals surface area contributed by atoms with Gasteiger partial charge in [0.15, 0.2) is 0 Å². The van der Waals surface area contributed by atoms with Gasteiger partial charge in [0, 0.05) is 19.0 Å². The van der Waals surface area contributed by atoms with E-state index in [1.807, 2.05) is 0 Å². The molecule has 1 amide bonds. The third-order valence-corrected chi connectivity index (χ3v) is 4.51. The molecule has 1 aliphatic carbocycles. The Morgan fingerprint density at radius 2 is 2.10 bits per heavy atom. The average Bonchev–Trinajstić information content (AvgIpc) is 2.50. The van der Waals surface area contributed by atoms with Crippen LogP contribution in [0.4, 0.5) is 0 Å². The number of amides is 1. The summed E-state index contributed by atoms with van der Waals surface area (Å²) in [7, 11) is 1.38. The first-order chi connectivity index (χ1) is 10.1. The van der Waals surface area contributed by atoms with E-state index in [1.54, 1.807) is 0 Å². The molecule has 0 aromatic heterocycles. The van der Waals surface area contributed by atoms with Crippen molar-refractivity contribution in [2.75, 3.05) is 26.9 Å². The molecule has 0 spiro atoms. The highest BCUT2D eigenvalue weighted by Gasteiger charge is 2.43. The quantitative estimate of drug-likeness (QED) is 0.743. The van der Waals surface area contributed by atoms with Gasteiger partial charge in [-0.2, -0.15) is 0 Å². The van der Waals surface area contributed by atoms with Gasteiger partial charge in [0.05, 0.1) is 20.3 Å². The Hall–Kier alpha value is -1.14. The Kier molecular flexibility index (Phi) is 5.58. The molecule has 1 heterocycles. The van der Waals surface area contributed by atoms with Crippen LogP contribution < -0.4 is 10.6 Å². The predicted molar refractivity (Wildman–Crippen MR) is 77.7 cm³/mol. The van der Waals surface area contributed by atoms with E-state index in [9.17, 15) is 9.59 Å². The van der Waals surface area contributed by atoms with Gasteiger partial charge in [-0.1, -0.05) is 6.92 Å². The lowest BCUT2D eigenvalue weighted by molar-refractivity contribution is -0.153. The second-order valence-electron chi connectivity index (χ2n) is 6.23. The zero-order valence-corrected chi connectivity index (χ0v) is 12.9. The van der Waals surface area contributed by atoms with Crippen LogP contribution in [0.1, 0.15) is 39.0 Å². The molecular formula is C15H26N2O4. The molecule has 1 saturated carbocycles. The van der Waals surface area contributed by atoms with Crippen LogP contribution in [0.2, 0.25) is 0 Å². The highest BCUT2D eigenvalue weighted by atomic mass is 16.5. The lowest BCUT2D eigenvalue weighted by Gasteiger charge is -2.38. The Bertz CT molecular complexity index is 372. The molecular weight excluding hydrogens is 272 g/mol. The smallest absolute Gasteiger partial charge is 0.331 e. The van der Waals surface area contributed by atoms with Gasteiger partial charge < -0.3 is 20.1 Å². The fraction of sp³-hybridized carbons (Fsp3) is 0.867. The third-order valence-electron chi connectivity index (χ3n) is 4.51. The van der Waals surface area contributed by atoms with E-state index in [4.69, 9.17) is 9.47 Å². The first kappa shape index (κ1) is 16.2. The van der Waals surface area contributed by atoms with Gasteiger partial charge in [-0.25, -0.2) is 4.79 Å². The van der Waals surface area contributed by atoms with Crippen LogP contribution in [0.5, 0.6) is 0 Å². The summed E-state index contributed by atoms with van der Waals surface area (Å²) >= 11 is 0. The Morgan fingerprint density at radius 3 is 2.67 bits per heavy atom. The minimum Gasteiger partial charge on any atom is -0.467 e. The van der Waals surface area contributed by atoms with Crippen molar-refractivity contribution in [3.8, 4) is 0 Å². The number of nitrogens with one attached hydrogen (secondary N) is 2. The first-order valence-corrected chi connectivity index (χ1v) is 7.76. The highest BCUT2D eigenvalue weighted by molar-refractivity contribution is 5.88. The molecule has 120 valence electrons. The molecule has 2 fully saturated rings. The van der Waals surface area contributed by atoms with Gasteiger partial charge in [0.1, 0.15) is 5.54 Å². The number of morpholine rings is 1. The van der Waals surface area contributed by atoms with Crippen LogP contribution in [-0.4, -0.2) is 50.3 Å². The minimum absolute atomic E-state index is 0.0240.